The van der Waals surface area contributed by atoms with Crippen molar-refractivity contribution in [3.05, 3.63) is 52.0 Å². The lowest BCUT2D eigenvalue weighted by atomic mass is 10.2. The maximum atomic E-state index is 13.5. The second kappa shape index (κ2) is 9.85. The molecule has 30 heavy (non-hydrogen) atoms. The predicted molar refractivity (Wildman–Crippen MR) is 127 cm³/mol. The largest absolute Gasteiger partial charge is 0.379 e. The number of aromatic nitrogens is 1. The van der Waals surface area contributed by atoms with Gasteiger partial charge in [0.1, 0.15) is 0 Å². The smallest absolute Gasteiger partial charge is 0.261 e. The normalized spacial score (nSPS) is 14.9. The van der Waals surface area contributed by atoms with Gasteiger partial charge in [-0.3, -0.25) is 14.6 Å². The van der Waals surface area contributed by atoms with Crippen molar-refractivity contribution in [3.8, 4) is 0 Å². The molecule has 1 aromatic heterocycles. The maximum Gasteiger partial charge on any atom is 0.261 e. The number of benzene rings is 2. The van der Waals surface area contributed by atoms with E-state index in [2.05, 4.69) is 11.0 Å². The fraction of sp³-hybridized carbons (Fsp3) is 0.333. The summed E-state index contributed by atoms with van der Waals surface area (Å²) in [5.41, 5.74) is 1.27. The molecule has 2 heterocycles. The molecule has 3 aromatic rings. The molecule has 1 amide bonds. The number of morpholine rings is 1. The van der Waals surface area contributed by atoms with Crippen molar-refractivity contribution in [1.29, 1.82) is 0 Å². The molecule has 4 rings (SSSR count). The Kier molecular flexibility index (Phi) is 7.18. The van der Waals surface area contributed by atoms with E-state index in [9.17, 15) is 4.79 Å². The number of thioether (sulfide) groups is 1. The molecule has 5 nitrogen and oxygen atoms in total. The van der Waals surface area contributed by atoms with Gasteiger partial charge in [0.25, 0.3) is 5.91 Å². The second-order valence-corrected chi connectivity index (χ2v) is 9.60. The number of fused-ring (bicyclic) bond motifs is 1. The van der Waals surface area contributed by atoms with Crippen LogP contribution in [0.15, 0.2) is 41.3 Å². The SMILES string of the molecule is CSc1ccc2nc(N(CCN3CCOCC3)C(=O)c3cc(Cl)ccc3Cl)sc2c1. The molecule has 1 fully saturated rings. The first-order chi connectivity index (χ1) is 14.5. The van der Waals surface area contributed by atoms with E-state index >= 15 is 0 Å². The average molecular weight is 482 g/mol. The highest BCUT2D eigenvalue weighted by Crippen LogP contribution is 2.33. The van der Waals surface area contributed by atoms with Crippen molar-refractivity contribution in [2.24, 2.45) is 0 Å². The summed E-state index contributed by atoms with van der Waals surface area (Å²) in [4.78, 5) is 23.4. The number of rotatable bonds is 6. The highest BCUT2D eigenvalue weighted by atomic mass is 35.5. The van der Waals surface area contributed by atoms with Crippen molar-refractivity contribution < 1.29 is 9.53 Å². The van der Waals surface area contributed by atoms with Gasteiger partial charge in [-0.1, -0.05) is 34.5 Å². The molecular formula is C21H21Cl2N3O2S2. The van der Waals surface area contributed by atoms with Crippen molar-refractivity contribution in [3.63, 3.8) is 0 Å². The van der Waals surface area contributed by atoms with E-state index in [1.807, 2.05) is 18.4 Å². The highest BCUT2D eigenvalue weighted by Gasteiger charge is 2.24. The van der Waals surface area contributed by atoms with Crippen LogP contribution >= 0.6 is 46.3 Å². The third kappa shape index (κ3) is 4.93. The summed E-state index contributed by atoms with van der Waals surface area (Å²) < 4.78 is 6.49. The zero-order chi connectivity index (χ0) is 21.1. The van der Waals surface area contributed by atoms with Crippen LogP contribution in [0.2, 0.25) is 10.0 Å². The minimum Gasteiger partial charge on any atom is -0.379 e. The summed E-state index contributed by atoms with van der Waals surface area (Å²) in [6.45, 7) is 4.39. The van der Waals surface area contributed by atoms with Gasteiger partial charge < -0.3 is 4.74 Å². The molecule has 0 atom stereocenters. The Hall–Kier alpha value is -1.35. The third-order valence-electron chi connectivity index (χ3n) is 4.96. The number of ether oxygens (including phenoxy) is 1. The van der Waals surface area contributed by atoms with Crippen LogP contribution in [-0.2, 0) is 4.74 Å². The molecule has 0 unspecified atom stereocenters. The summed E-state index contributed by atoms with van der Waals surface area (Å²) in [6, 6.07) is 11.1. The number of thiazole rings is 1. The van der Waals surface area contributed by atoms with E-state index in [4.69, 9.17) is 32.9 Å². The van der Waals surface area contributed by atoms with Gasteiger partial charge >= 0.3 is 0 Å². The van der Waals surface area contributed by atoms with Gasteiger partial charge in [-0.05, 0) is 42.7 Å². The van der Waals surface area contributed by atoms with Crippen LogP contribution in [0.3, 0.4) is 0 Å². The summed E-state index contributed by atoms with van der Waals surface area (Å²) >= 11 is 15.7. The van der Waals surface area contributed by atoms with Gasteiger partial charge in [0.2, 0.25) is 0 Å². The van der Waals surface area contributed by atoms with Gasteiger partial charge in [-0.15, -0.1) is 11.8 Å². The number of hydrogen-bond acceptors (Lipinski definition) is 6. The first kappa shape index (κ1) is 21.9. The molecule has 0 bridgehead atoms. The molecule has 158 valence electrons. The molecule has 0 aliphatic carbocycles. The molecule has 2 aromatic carbocycles. The van der Waals surface area contributed by atoms with E-state index in [1.54, 1.807) is 34.9 Å². The van der Waals surface area contributed by atoms with E-state index in [0.29, 0.717) is 40.5 Å². The first-order valence-corrected chi connectivity index (χ1v) is 12.4. The topological polar surface area (TPSA) is 45.7 Å². The van der Waals surface area contributed by atoms with Gasteiger partial charge in [0.05, 0.1) is 34.0 Å². The van der Waals surface area contributed by atoms with Crippen molar-refractivity contribution >= 4 is 67.6 Å². The highest BCUT2D eigenvalue weighted by molar-refractivity contribution is 7.98. The molecule has 0 radical (unpaired) electrons. The molecule has 0 spiro atoms. The number of amides is 1. The fourth-order valence-electron chi connectivity index (χ4n) is 3.29. The lowest BCUT2D eigenvalue weighted by Crippen LogP contribution is -2.43. The van der Waals surface area contributed by atoms with Gasteiger partial charge in [-0.25, -0.2) is 4.98 Å². The van der Waals surface area contributed by atoms with Crippen LogP contribution in [0.5, 0.6) is 0 Å². The molecule has 1 aliphatic rings. The molecule has 1 saturated heterocycles. The standard InChI is InChI=1S/C21H21Cl2N3O2S2/c1-29-15-3-5-18-19(13-15)30-21(24-18)26(7-6-25-8-10-28-11-9-25)20(27)16-12-14(22)2-4-17(16)23/h2-5,12-13H,6-11H2,1H3. The van der Waals surface area contributed by atoms with Crippen LogP contribution in [0, 0.1) is 0 Å². The van der Waals surface area contributed by atoms with E-state index < -0.39 is 0 Å². The molecule has 9 heteroatoms. The van der Waals surface area contributed by atoms with Crippen LogP contribution in [0.1, 0.15) is 10.4 Å². The Morgan fingerprint density at radius 3 is 2.80 bits per heavy atom. The van der Waals surface area contributed by atoms with E-state index in [0.717, 1.165) is 29.9 Å². The predicted octanol–water partition coefficient (Wildman–Crippen LogP) is 5.30. The summed E-state index contributed by atoms with van der Waals surface area (Å²) in [5, 5.41) is 1.52. The van der Waals surface area contributed by atoms with Gasteiger partial charge in [0.15, 0.2) is 5.13 Å². The second-order valence-electron chi connectivity index (χ2n) is 6.87. The van der Waals surface area contributed by atoms with Gasteiger partial charge in [0, 0.05) is 36.1 Å². The van der Waals surface area contributed by atoms with Crippen molar-refractivity contribution in [2.45, 2.75) is 4.90 Å². The van der Waals surface area contributed by atoms with Crippen LogP contribution in [0.25, 0.3) is 10.2 Å². The Morgan fingerprint density at radius 1 is 1.23 bits per heavy atom. The average Bonchev–Trinajstić information content (AvgIpc) is 3.19. The zero-order valence-corrected chi connectivity index (χ0v) is 19.6. The Morgan fingerprint density at radius 2 is 2.03 bits per heavy atom. The van der Waals surface area contributed by atoms with Gasteiger partial charge in [-0.2, -0.15) is 0 Å². The van der Waals surface area contributed by atoms with E-state index in [-0.39, 0.29) is 5.91 Å². The Bertz CT molecular complexity index is 1050. The number of halogens is 2. The Labute approximate surface area is 193 Å². The molecular weight excluding hydrogens is 461 g/mol. The number of hydrogen-bond donors (Lipinski definition) is 0. The zero-order valence-electron chi connectivity index (χ0n) is 16.4. The first-order valence-electron chi connectivity index (χ1n) is 9.57. The summed E-state index contributed by atoms with van der Waals surface area (Å²) in [5.74, 6) is -0.195. The minimum atomic E-state index is -0.195. The number of carbonyl (C=O) groups is 1. The summed E-state index contributed by atoms with van der Waals surface area (Å²) in [6.07, 6.45) is 2.04. The molecule has 0 N–H and O–H groups in total. The Balaban J connectivity index is 1.67. The van der Waals surface area contributed by atoms with E-state index in [1.165, 1.54) is 16.2 Å². The number of carbonyl (C=O) groups excluding carboxylic acids is 1. The third-order valence-corrected chi connectivity index (χ3v) is 7.29. The minimum absolute atomic E-state index is 0.195. The summed E-state index contributed by atoms with van der Waals surface area (Å²) in [7, 11) is 0. The number of nitrogens with zero attached hydrogens (tertiary/aromatic N) is 3. The van der Waals surface area contributed by atoms with Crippen LogP contribution < -0.4 is 4.90 Å². The quantitative estimate of drug-likeness (QED) is 0.446. The van der Waals surface area contributed by atoms with Crippen molar-refractivity contribution in [2.75, 3.05) is 50.5 Å². The van der Waals surface area contributed by atoms with Crippen LogP contribution in [0.4, 0.5) is 5.13 Å². The maximum absolute atomic E-state index is 13.5. The molecule has 1 aliphatic heterocycles. The van der Waals surface area contributed by atoms with Crippen LogP contribution in [-0.4, -0.2) is 61.4 Å². The lowest BCUT2D eigenvalue weighted by molar-refractivity contribution is 0.0391. The monoisotopic (exact) mass is 481 g/mol. The van der Waals surface area contributed by atoms with Crippen molar-refractivity contribution in [1.82, 2.24) is 9.88 Å². The fourth-order valence-corrected chi connectivity index (χ4v) is 5.21. The number of anilines is 1. The molecule has 0 saturated carbocycles. The lowest BCUT2D eigenvalue weighted by Gasteiger charge is -2.29.